The minimum atomic E-state index is -0.402. The Morgan fingerprint density at radius 3 is 2.36 bits per heavy atom. The highest BCUT2D eigenvalue weighted by Gasteiger charge is 2.13. The molecular weight excluding hydrogens is 352 g/mol. The number of hydrogen-bond donors (Lipinski definition) is 1. The number of aromatic nitrogens is 1. The predicted molar refractivity (Wildman–Crippen MR) is 108 cm³/mol. The van der Waals surface area contributed by atoms with Gasteiger partial charge in [0.25, 0.3) is 5.56 Å². The summed E-state index contributed by atoms with van der Waals surface area (Å²) in [6.07, 6.45) is -0.191. The van der Waals surface area contributed by atoms with Crippen molar-refractivity contribution in [2.24, 2.45) is 0 Å². The van der Waals surface area contributed by atoms with Gasteiger partial charge in [-0.25, -0.2) is 4.79 Å². The number of esters is 1. The van der Waals surface area contributed by atoms with Crippen LogP contribution in [-0.2, 0) is 4.74 Å². The number of carbonyl (C=O) groups is 1. The molecule has 1 N–H and O–H groups in total. The Balaban J connectivity index is 2.06. The number of ether oxygens (including phenoxy) is 1. The summed E-state index contributed by atoms with van der Waals surface area (Å²) in [5.74, 6) is -0.370. The molecule has 0 bridgehead atoms. The van der Waals surface area contributed by atoms with E-state index < -0.39 is 5.56 Å². The molecule has 3 rings (SSSR count). The summed E-state index contributed by atoms with van der Waals surface area (Å²) < 4.78 is 5.26. The minimum Gasteiger partial charge on any atom is -0.459 e. The van der Waals surface area contributed by atoms with Crippen molar-refractivity contribution in [3.8, 4) is 28.3 Å². The van der Waals surface area contributed by atoms with Crippen LogP contribution < -0.4 is 5.56 Å². The third-order valence-corrected chi connectivity index (χ3v) is 4.23. The molecule has 140 valence electrons. The minimum absolute atomic E-state index is 0.0806. The fourth-order valence-electron chi connectivity index (χ4n) is 3.00. The van der Waals surface area contributed by atoms with Crippen LogP contribution in [0.1, 0.15) is 35.5 Å². The van der Waals surface area contributed by atoms with Gasteiger partial charge in [0, 0.05) is 11.3 Å². The molecule has 0 saturated carbocycles. The summed E-state index contributed by atoms with van der Waals surface area (Å²) in [5, 5.41) is 9.39. The summed E-state index contributed by atoms with van der Waals surface area (Å²) in [6.45, 7) is 5.39. The Hall–Kier alpha value is -3.65. The first-order valence-electron chi connectivity index (χ1n) is 8.95. The third-order valence-electron chi connectivity index (χ3n) is 4.23. The van der Waals surface area contributed by atoms with Crippen molar-refractivity contribution in [3.63, 3.8) is 0 Å². The zero-order chi connectivity index (χ0) is 20.3. The molecule has 0 aliphatic carbocycles. The molecule has 0 amide bonds. The van der Waals surface area contributed by atoms with Gasteiger partial charge in [-0.2, -0.15) is 5.26 Å². The van der Waals surface area contributed by atoms with E-state index in [1.165, 1.54) is 0 Å². The lowest BCUT2D eigenvalue weighted by Crippen LogP contribution is -2.12. The highest BCUT2D eigenvalue weighted by atomic mass is 16.5. The van der Waals surface area contributed by atoms with Crippen molar-refractivity contribution < 1.29 is 9.53 Å². The summed E-state index contributed by atoms with van der Waals surface area (Å²) in [6, 6.07) is 18.5. The van der Waals surface area contributed by atoms with Crippen LogP contribution in [0.5, 0.6) is 0 Å². The maximum atomic E-state index is 12.2. The second-order valence-electron chi connectivity index (χ2n) is 6.80. The van der Waals surface area contributed by atoms with Crippen molar-refractivity contribution in [3.05, 3.63) is 81.8 Å². The van der Waals surface area contributed by atoms with Gasteiger partial charge in [-0.15, -0.1) is 0 Å². The topological polar surface area (TPSA) is 82.9 Å². The van der Waals surface area contributed by atoms with E-state index in [1.54, 1.807) is 31.2 Å². The molecule has 0 atom stereocenters. The van der Waals surface area contributed by atoms with Gasteiger partial charge >= 0.3 is 5.97 Å². The van der Waals surface area contributed by atoms with Crippen molar-refractivity contribution >= 4 is 5.97 Å². The summed E-state index contributed by atoms with van der Waals surface area (Å²) in [4.78, 5) is 26.9. The second kappa shape index (κ2) is 7.93. The normalized spacial score (nSPS) is 10.5. The van der Waals surface area contributed by atoms with E-state index in [0.717, 1.165) is 16.7 Å². The number of hydrogen-bond acceptors (Lipinski definition) is 4. The fraction of sp³-hybridized carbons (Fsp3) is 0.174. The zero-order valence-electron chi connectivity index (χ0n) is 15.9. The van der Waals surface area contributed by atoms with Gasteiger partial charge in [0.1, 0.15) is 11.6 Å². The first-order chi connectivity index (χ1) is 13.4. The Kier molecular flexibility index (Phi) is 5.42. The van der Waals surface area contributed by atoms with Crippen molar-refractivity contribution in [2.75, 3.05) is 0 Å². The highest BCUT2D eigenvalue weighted by molar-refractivity contribution is 5.91. The van der Waals surface area contributed by atoms with Crippen LogP contribution in [0.15, 0.2) is 59.4 Å². The zero-order valence-corrected chi connectivity index (χ0v) is 15.9. The molecule has 28 heavy (non-hydrogen) atoms. The van der Waals surface area contributed by atoms with Gasteiger partial charge < -0.3 is 9.72 Å². The number of carbonyl (C=O) groups excluding carboxylic acids is 1. The van der Waals surface area contributed by atoms with Crippen molar-refractivity contribution in [1.29, 1.82) is 5.26 Å². The smallest absolute Gasteiger partial charge is 0.338 e. The number of nitrogens with one attached hydrogen (secondary N) is 1. The van der Waals surface area contributed by atoms with Crippen LogP contribution in [0, 0.1) is 18.3 Å². The van der Waals surface area contributed by atoms with E-state index in [-0.39, 0.29) is 17.6 Å². The largest absolute Gasteiger partial charge is 0.459 e. The van der Waals surface area contributed by atoms with E-state index in [0.29, 0.717) is 16.8 Å². The molecule has 1 aromatic heterocycles. The van der Waals surface area contributed by atoms with Crippen LogP contribution in [0.25, 0.3) is 22.3 Å². The van der Waals surface area contributed by atoms with E-state index in [9.17, 15) is 14.9 Å². The predicted octanol–water partition coefficient (Wildman–Crippen LogP) is 4.45. The molecule has 3 aromatic rings. The molecule has 0 saturated heterocycles. The maximum absolute atomic E-state index is 12.2. The first kappa shape index (κ1) is 19.1. The number of nitriles is 1. The number of aryl methyl sites for hydroxylation is 1. The summed E-state index contributed by atoms with van der Waals surface area (Å²) in [5.41, 5.74) is 3.90. The molecule has 1 heterocycles. The number of nitrogens with zero attached hydrogens (tertiary/aromatic N) is 1. The van der Waals surface area contributed by atoms with Crippen LogP contribution in [0.4, 0.5) is 0 Å². The lowest BCUT2D eigenvalue weighted by Gasteiger charge is -2.10. The van der Waals surface area contributed by atoms with E-state index >= 15 is 0 Å². The Labute approximate surface area is 163 Å². The number of benzene rings is 2. The molecule has 0 aliphatic rings. The number of aromatic amines is 1. The van der Waals surface area contributed by atoms with Gasteiger partial charge in [0.2, 0.25) is 0 Å². The van der Waals surface area contributed by atoms with E-state index in [2.05, 4.69) is 4.98 Å². The highest BCUT2D eigenvalue weighted by Crippen LogP contribution is 2.28. The monoisotopic (exact) mass is 372 g/mol. The Morgan fingerprint density at radius 1 is 1.04 bits per heavy atom. The lowest BCUT2D eigenvalue weighted by molar-refractivity contribution is 0.0378. The molecule has 5 nitrogen and oxygen atoms in total. The van der Waals surface area contributed by atoms with Gasteiger partial charge in [-0.3, -0.25) is 4.79 Å². The SMILES string of the molecule is Cc1cc(-c2cccc(-c3cccc(C(=O)OC(C)C)c3)c2)c(C#N)c(=O)[nH]1. The number of pyridine rings is 1. The molecule has 5 heteroatoms. The lowest BCUT2D eigenvalue weighted by atomic mass is 9.96. The molecule has 2 aromatic carbocycles. The number of H-pyrrole nitrogens is 1. The molecule has 0 fully saturated rings. The Morgan fingerprint density at radius 2 is 1.68 bits per heavy atom. The van der Waals surface area contributed by atoms with Crippen LogP contribution in [0.2, 0.25) is 0 Å². The van der Waals surface area contributed by atoms with Gasteiger partial charge in [-0.1, -0.05) is 30.3 Å². The van der Waals surface area contributed by atoms with E-state index in [1.807, 2.05) is 50.2 Å². The van der Waals surface area contributed by atoms with Gasteiger partial charge in [0.15, 0.2) is 0 Å². The molecule has 0 unspecified atom stereocenters. The molecule has 0 aliphatic heterocycles. The van der Waals surface area contributed by atoms with Gasteiger partial charge in [0.05, 0.1) is 11.7 Å². The first-order valence-corrected chi connectivity index (χ1v) is 8.95. The summed E-state index contributed by atoms with van der Waals surface area (Å²) >= 11 is 0. The van der Waals surface area contributed by atoms with Crippen LogP contribution in [0.3, 0.4) is 0 Å². The second-order valence-corrected chi connectivity index (χ2v) is 6.80. The molecule has 0 spiro atoms. The van der Waals surface area contributed by atoms with Crippen molar-refractivity contribution in [1.82, 2.24) is 4.98 Å². The van der Waals surface area contributed by atoms with E-state index in [4.69, 9.17) is 4.74 Å². The molecule has 0 radical (unpaired) electrons. The van der Waals surface area contributed by atoms with Crippen LogP contribution >= 0.6 is 0 Å². The third kappa shape index (κ3) is 4.02. The average molecular weight is 372 g/mol. The fourth-order valence-corrected chi connectivity index (χ4v) is 3.00. The van der Waals surface area contributed by atoms with Crippen molar-refractivity contribution in [2.45, 2.75) is 26.9 Å². The average Bonchev–Trinajstić information content (AvgIpc) is 2.67. The Bertz CT molecular complexity index is 1140. The molecular formula is C23H20N2O3. The van der Waals surface area contributed by atoms with Crippen LogP contribution in [-0.4, -0.2) is 17.1 Å². The summed E-state index contributed by atoms with van der Waals surface area (Å²) in [7, 11) is 0. The number of rotatable bonds is 4. The standard InChI is InChI=1S/C23H20N2O3/c1-14(2)28-23(27)19-9-5-7-17(12-19)16-6-4-8-18(11-16)20-10-15(3)25-22(26)21(20)13-24/h4-12,14H,1-3H3,(H,25,26). The quantitative estimate of drug-likeness (QED) is 0.686. The maximum Gasteiger partial charge on any atom is 0.338 e. The van der Waals surface area contributed by atoms with Gasteiger partial charge in [-0.05, 0) is 61.7 Å².